The van der Waals surface area contributed by atoms with Gasteiger partial charge in [-0.2, -0.15) is 26.3 Å². The summed E-state index contributed by atoms with van der Waals surface area (Å²) in [7, 11) is 0. The molecule has 9 heteroatoms. The van der Waals surface area contributed by atoms with E-state index < -0.39 is 89.0 Å². The van der Waals surface area contributed by atoms with Gasteiger partial charge in [0.25, 0.3) is 0 Å². The van der Waals surface area contributed by atoms with E-state index in [0.717, 1.165) is 29.8 Å². The van der Waals surface area contributed by atoms with Gasteiger partial charge >= 0.3 is 233 Å². The zero-order valence-corrected chi connectivity index (χ0v) is 24.6. The third-order valence-electron chi connectivity index (χ3n) is 8.32. The number of aryl methyl sites for hydroxylation is 2. The van der Waals surface area contributed by atoms with Crippen molar-refractivity contribution in [3.05, 3.63) is 89.1 Å². The molecule has 6 rings (SSSR count). The summed E-state index contributed by atoms with van der Waals surface area (Å²) in [6.45, 7) is -5.66. The molecule has 0 aliphatic heterocycles. The Morgan fingerprint density at radius 2 is 1.63 bits per heavy atom. The van der Waals surface area contributed by atoms with Crippen LogP contribution in [0.5, 0.6) is 0 Å². The molecule has 2 heterocycles. The zero-order valence-electron chi connectivity index (χ0n) is 29.2. The standard InChI is InChI=1S/C34H26F6N2Te/c1-19-14-23(22-10-12-32(13-11-22,33(35,36)37)34(38,39)40)7-9-24(19)28-16-29(42-18-20(28)2)27-5-3-4-26-25-8-6-21(17-41)15-30(25)43-31(26)27/h3-9,14-16,18,22H,10-13H2,1-2H3/i1D3,2D3,22D. The molecule has 1 aliphatic carbocycles. The van der Waals surface area contributed by atoms with Crippen LogP contribution in [0.4, 0.5) is 26.3 Å². The molecule has 43 heavy (non-hydrogen) atoms. The predicted octanol–water partition coefficient (Wildman–Crippen LogP) is 10.0. The SMILES string of the molecule is [2H]C([2H])([2H])c1cnc(-c2cccc3c2[te]c2cc(C#N)ccc23)cc1-c1ccc(C2([2H])CCC(C(F)(F)F)(C(F)(F)F)CC2)cc1C([2H])([2H])[2H]. The van der Waals surface area contributed by atoms with Crippen LogP contribution in [0.25, 0.3) is 40.0 Å². The van der Waals surface area contributed by atoms with Gasteiger partial charge < -0.3 is 0 Å². The van der Waals surface area contributed by atoms with Crippen LogP contribution in [-0.2, 0) is 0 Å². The van der Waals surface area contributed by atoms with E-state index in [1.54, 1.807) is 6.07 Å². The summed E-state index contributed by atoms with van der Waals surface area (Å²) >= 11 is -1.01. The molecule has 3 aromatic carbocycles. The topological polar surface area (TPSA) is 36.7 Å². The van der Waals surface area contributed by atoms with Gasteiger partial charge in [-0.3, -0.25) is 0 Å². The van der Waals surface area contributed by atoms with Crippen molar-refractivity contribution in [1.82, 2.24) is 4.98 Å². The molecular formula is C34H26F6N2Te. The molecule has 1 aliphatic rings. The van der Waals surface area contributed by atoms with Crippen molar-refractivity contribution in [2.45, 2.75) is 57.6 Å². The second-order valence-corrected chi connectivity index (χ2v) is 13.7. The first-order valence-corrected chi connectivity index (χ1v) is 15.6. The number of nitrogens with zero attached hydrogens (tertiary/aromatic N) is 2. The van der Waals surface area contributed by atoms with Crippen LogP contribution in [0.1, 0.15) is 63.4 Å². The van der Waals surface area contributed by atoms with Gasteiger partial charge in [0.1, 0.15) is 0 Å². The number of hydrogen-bond acceptors (Lipinski definition) is 2. The van der Waals surface area contributed by atoms with Gasteiger partial charge in [-0.1, -0.05) is 0 Å². The van der Waals surface area contributed by atoms with Crippen molar-refractivity contribution in [2.75, 3.05) is 0 Å². The van der Waals surface area contributed by atoms with Crippen LogP contribution in [-0.4, -0.2) is 37.8 Å². The molecular weight excluding hydrogens is 678 g/mol. The molecule has 0 radical (unpaired) electrons. The molecule has 5 aromatic rings. The van der Waals surface area contributed by atoms with Gasteiger partial charge in [0.05, 0.1) is 0 Å². The average Bonchev–Trinajstić information content (AvgIpc) is 3.40. The Bertz CT molecular complexity index is 2150. The van der Waals surface area contributed by atoms with Crippen LogP contribution in [0.2, 0.25) is 0 Å². The quantitative estimate of drug-likeness (QED) is 0.138. The van der Waals surface area contributed by atoms with Crippen LogP contribution in [0.3, 0.4) is 0 Å². The van der Waals surface area contributed by atoms with E-state index in [0.29, 0.717) is 16.8 Å². The molecule has 0 bridgehead atoms. The summed E-state index contributed by atoms with van der Waals surface area (Å²) in [5.74, 6) is -1.95. The predicted molar refractivity (Wildman–Crippen MR) is 157 cm³/mol. The minimum atomic E-state index is -5.59. The summed E-state index contributed by atoms with van der Waals surface area (Å²) in [6, 6.07) is 18.3. The Balaban J connectivity index is 1.49. The molecule has 0 amide bonds. The first-order valence-electron chi connectivity index (χ1n) is 16.7. The number of aromatic nitrogens is 1. The fraction of sp³-hybridized carbons (Fsp3) is 0.294. The van der Waals surface area contributed by atoms with Crippen LogP contribution in [0, 0.1) is 30.4 Å². The Labute approximate surface area is 264 Å². The van der Waals surface area contributed by atoms with E-state index >= 15 is 0 Å². The van der Waals surface area contributed by atoms with Gasteiger partial charge in [-0.05, 0) is 0 Å². The molecule has 220 valence electrons. The second-order valence-electron chi connectivity index (χ2n) is 10.7. The van der Waals surface area contributed by atoms with Crippen molar-refractivity contribution in [3.8, 4) is 28.5 Å². The molecule has 0 spiro atoms. The second kappa shape index (κ2) is 10.7. The van der Waals surface area contributed by atoms with E-state index in [1.807, 2.05) is 30.3 Å². The van der Waals surface area contributed by atoms with Crippen molar-refractivity contribution >= 4 is 38.0 Å². The van der Waals surface area contributed by atoms with Crippen LogP contribution in [0.15, 0.2) is 66.9 Å². The van der Waals surface area contributed by atoms with Crippen molar-refractivity contribution < 1.29 is 35.9 Å². The minimum absolute atomic E-state index is 0.0176. The number of pyridine rings is 1. The van der Waals surface area contributed by atoms with Gasteiger partial charge in [0.2, 0.25) is 0 Å². The molecule has 0 atom stereocenters. The van der Waals surface area contributed by atoms with Crippen molar-refractivity contribution in [2.24, 2.45) is 5.41 Å². The third kappa shape index (κ3) is 5.03. The number of halogens is 6. The van der Waals surface area contributed by atoms with Gasteiger partial charge in [-0.15, -0.1) is 0 Å². The van der Waals surface area contributed by atoms with Gasteiger partial charge in [-0.25, -0.2) is 0 Å². The van der Waals surface area contributed by atoms with Crippen LogP contribution >= 0.6 is 0 Å². The molecule has 1 fully saturated rings. The number of benzene rings is 3. The zero-order chi connectivity index (χ0) is 36.7. The number of alkyl halides is 6. The number of rotatable bonds is 3. The maximum atomic E-state index is 13.8. The molecule has 0 N–H and O–H groups in total. The van der Waals surface area contributed by atoms with Crippen LogP contribution < -0.4 is 0 Å². The molecule has 2 nitrogen and oxygen atoms in total. The third-order valence-corrected chi connectivity index (χ3v) is 11.7. The number of hydrogen-bond donors (Lipinski definition) is 0. The maximum absolute atomic E-state index is 13.8. The molecule has 2 aromatic heterocycles. The van der Waals surface area contributed by atoms with E-state index in [9.17, 15) is 31.6 Å². The summed E-state index contributed by atoms with van der Waals surface area (Å²) in [6.07, 6.45) is -14.5. The van der Waals surface area contributed by atoms with E-state index in [4.69, 9.17) is 9.60 Å². The summed E-state index contributed by atoms with van der Waals surface area (Å²) in [5, 5.41) is 11.3. The summed E-state index contributed by atoms with van der Waals surface area (Å²) in [5.41, 5.74) is -3.12. The fourth-order valence-corrected chi connectivity index (χ4v) is 9.50. The first kappa shape index (κ1) is 22.2. The Morgan fingerprint density at radius 1 is 0.884 bits per heavy atom. The normalized spacial score (nSPS) is 19.8. The first-order chi connectivity index (χ1) is 23.1. The van der Waals surface area contributed by atoms with Gasteiger partial charge in [0.15, 0.2) is 5.41 Å². The van der Waals surface area contributed by atoms with Crippen molar-refractivity contribution in [3.63, 3.8) is 0 Å². The fourth-order valence-electron chi connectivity index (χ4n) is 5.89. The molecule has 0 saturated heterocycles. The van der Waals surface area contributed by atoms with Gasteiger partial charge in [0, 0.05) is 0 Å². The Hall–Kier alpha value is -3.33. The Kier molecular flexibility index (Phi) is 5.52. The number of nitriles is 1. The monoisotopic (exact) mass is 713 g/mol. The molecule has 1 saturated carbocycles. The number of fused-ring (bicyclic) bond motifs is 3. The molecule has 0 unspecified atom stereocenters. The van der Waals surface area contributed by atoms with E-state index in [1.165, 1.54) is 18.2 Å². The summed E-state index contributed by atoms with van der Waals surface area (Å²) in [4.78, 5) is 4.48. The summed E-state index contributed by atoms with van der Waals surface area (Å²) < 4.78 is 143. The average molecular weight is 711 g/mol. The van der Waals surface area contributed by atoms with Crippen molar-refractivity contribution in [1.29, 1.82) is 5.26 Å². The van der Waals surface area contributed by atoms with E-state index in [2.05, 4.69) is 11.1 Å². The Morgan fingerprint density at radius 3 is 2.30 bits per heavy atom. The van der Waals surface area contributed by atoms with E-state index in [-0.39, 0.29) is 22.3 Å².